The highest BCUT2D eigenvalue weighted by atomic mass is 16.3. The molecule has 11 aromatic carbocycles. The van der Waals surface area contributed by atoms with Crippen molar-refractivity contribution < 1.29 is 4.42 Å². The highest BCUT2D eigenvalue weighted by molar-refractivity contribution is 6.06. The zero-order chi connectivity index (χ0) is 43.8. The average molecular weight is 846 g/mol. The summed E-state index contributed by atoms with van der Waals surface area (Å²) >= 11 is 0. The maximum Gasteiger partial charge on any atom is 0.135 e. The Labute approximate surface area is 384 Å². The zero-order valence-corrected chi connectivity index (χ0v) is 36.1. The molecule has 0 bridgehead atoms. The number of hydrogen-bond acceptors (Lipinski definition) is 4. The maximum absolute atomic E-state index is 6.24. The number of anilines is 9. The first-order chi connectivity index (χ1) is 32.7. The van der Waals surface area contributed by atoms with E-state index in [4.69, 9.17) is 4.42 Å². The summed E-state index contributed by atoms with van der Waals surface area (Å²) in [5, 5.41) is 6.99. The Morgan fingerprint density at radius 2 is 0.606 bits per heavy atom. The molecule has 0 saturated heterocycles. The van der Waals surface area contributed by atoms with Crippen LogP contribution in [-0.4, -0.2) is 0 Å². The molecule has 0 aliphatic rings. The molecule has 4 nitrogen and oxygen atoms in total. The molecule has 0 N–H and O–H groups in total. The lowest BCUT2D eigenvalue weighted by atomic mass is 10.0. The highest BCUT2D eigenvalue weighted by Crippen LogP contribution is 2.45. The van der Waals surface area contributed by atoms with E-state index in [0.717, 1.165) is 84.3 Å². The van der Waals surface area contributed by atoms with Gasteiger partial charge in [0.05, 0.1) is 0 Å². The van der Waals surface area contributed by atoms with E-state index in [0.29, 0.717) is 0 Å². The Bertz CT molecular complexity index is 3520. The van der Waals surface area contributed by atoms with Crippen molar-refractivity contribution in [3.05, 3.63) is 261 Å². The quantitative estimate of drug-likeness (QED) is 0.137. The molecular formula is C62H43N3O. The molecule has 0 spiro atoms. The van der Waals surface area contributed by atoms with Gasteiger partial charge in [-0.25, -0.2) is 0 Å². The summed E-state index contributed by atoms with van der Waals surface area (Å²) in [6.07, 6.45) is 0. The minimum absolute atomic E-state index is 0.875. The standard InChI is InChI=1S/C62H43N3O/c1-4-20-50(21-5-1)63(56-36-37-62-60(43-56)59-26-14-15-27-61(59)66-62)53-32-28-46(29-33-53)49-40-57(64(51-22-6-2-7-23-51)54-34-30-44-16-10-12-18-47(44)38-54)42-58(41-49)65(52-24-8-3-9-25-52)55-35-31-45-17-11-13-19-48(45)39-55/h1-43H. The third-order valence-corrected chi connectivity index (χ3v) is 12.5. The second-order valence-corrected chi connectivity index (χ2v) is 16.6. The van der Waals surface area contributed by atoms with Crippen molar-refractivity contribution in [2.75, 3.05) is 14.7 Å². The Morgan fingerprint density at radius 1 is 0.212 bits per heavy atom. The molecule has 0 amide bonds. The molecule has 4 heteroatoms. The molecular weight excluding hydrogens is 803 g/mol. The molecule has 0 fully saturated rings. The molecule has 0 saturated carbocycles. The van der Waals surface area contributed by atoms with Gasteiger partial charge in [-0.1, -0.05) is 146 Å². The van der Waals surface area contributed by atoms with Gasteiger partial charge in [-0.2, -0.15) is 0 Å². The number of furan rings is 1. The van der Waals surface area contributed by atoms with Crippen LogP contribution in [-0.2, 0) is 0 Å². The van der Waals surface area contributed by atoms with Gasteiger partial charge >= 0.3 is 0 Å². The minimum Gasteiger partial charge on any atom is -0.456 e. The van der Waals surface area contributed by atoms with Crippen molar-refractivity contribution in [3.8, 4) is 11.1 Å². The topological polar surface area (TPSA) is 22.9 Å². The van der Waals surface area contributed by atoms with Gasteiger partial charge in [-0.15, -0.1) is 0 Å². The third-order valence-electron chi connectivity index (χ3n) is 12.5. The van der Waals surface area contributed by atoms with Crippen LogP contribution in [0, 0.1) is 0 Å². The second-order valence-electron chi connectivity index (χ2n) is 16.6. The largest absolute Gasteiger partial charge is 0.456 e. The van der Waals surface area contributed by atoms with E-state index in [2.05, 4.69) is 263 Å². The Morgan fingerprint density at radius 3 is 1.15 bits per heavy atom. The van der Waals surface area contributed by atoms with Crippen molar-refractivity contribution in [2.45, 2.75) is 0 Å². The number of rotatable bonds is 10. The van der Waals surface area contributed by atoms with Crippen LogP contribution in [0.3, 0.4) is 0 Å². The molecule has 0 unspecified atom stereocenters. The van der Waals surface area contributed by atoms with E-state index >= 15 is 0 Å². The van der Waals surface area contributed by atoms with Crippen molar-refractivity contribution in [1.29, 1.82) is 0 Å². The van der Waals surface area contributed by atoms with Crippen LogP contribution in [0.1, 0.15) is 0 Å². The van der Waals surface area contributed by atoms with Crippen LogP contribution in [0.2, 0.25) is 0 Å². The molecule has 0 aliphatic heterocycles. The molecule has 66 heavy (non-hydrogen) atoms. The summed E-state index contributed by atoms with van der Waals surface area (Å²) in [5.74, 6) is 0. The molecule has 1 heterocycles. The van der Waals surface area contributed by atoms with Crippen molar-refractivity contribution in [1.82, 2.24) is 0 Å². The monoisotopic (exact) mass is 845 g/mol. The van der Waals surface area contributed by atoms with Crippen LogP contribution in [0.4, 0.5) is 51.2 Å². The van der Waals surface area contributed by atoms with Crippen LogP contribution in [0.15, 0.2) is 265 Å². The zero-order valence-electron chi connectivity index (χ0n) is 36.1. The summed E-state index contributed by atoms with van der Waals surface area (Å²) in [6, 6.07) is 93.3. The number of hydrogen-bond donors (Lipinski definition) is 0. The van der Waals surface area contributed by atoms with E-state index in [-0.39, 0.29) is 0 Å². The lowest BCUT2D eigenvalue weighted by molar-refractivity contribution is 0.669. The van der Waals surface area contributed by atoms with Crippen molar-refractivity contribution in [3.63, 3.8) is 0 Å². The van der Waals surface area contributed by atoms with Gasteiger partial charge in [0.25, 0.3) is 0 Å². The fourth-order valence-electron chi connectivity index (χ4n) is 9.38. The molecule has 0 radical (unpaired) electrons. The van der Waals surface area contributed by atoms with Crippen LogP contribution >= 0.6 is 0 Å². The number of benzene rings is 11. The minimum atomic E-state index is 0.875. The van der Waals surface area contributed by atoms with Gasteiger partial charge in [0, 0.05) is 62.0 Å². The van der Waals surface area contributed by atoms with E-state index in [9.17, 15) is 0 Å². The first-order valence-electron chi connectivity index (χ1n) is 22.4. The van der Waals surface area contributed by atoms with Gasteiger partial charge in [0.15, 0.2) is 0 Å². The first-order valence-corrected chi connectivity index (χ1v) is 22.4. The number of nitrogens with zero attached hydrogens (tertiary/aromatic N) is 3. The molecule has 312 valence electrons. The van der Waals surface area contributed by atoms with E-state index < -0.39 is 0 Å². The van der Waals surface area contributed by atoms with Gasteiger partial charge in [0.2, 0.25) is 0 Å². The van der Waals surface area contributed by atoms with Crippen molar-refractivity contribution >= 4 is 94.7 Å². The summed E-state index contributed by atoms with van der Waals surface area (Å²) in [7, 11) is 0. The van der Waals surface area contributed by atoms with Gasteiger partial charge in [-0.05, 0) is 148 Å². The summed E-state index contributed by atoms with van der Waals surface area (Å²) in [4.78, 5) is 7.08. The van der Waals surface area contributed by atoms with E-state index in [1.54, 1.807) is 0 Å². The average Bonchev–Trinajstić information content (AvgIpc) is 3.76. The summed E-state index contributed by atoms with van der Waals surface area (Å²) < 4.78 is 6.24. The Balaban J connectivity index is 1.04. The fourth-order valence-corrected chi connectivity index (χ4v) is 9.38. The SMILES string of the molecule is c1ccc(N(c2cc(-c3ccc(N(c4ccccc4)c4ccc5oc6ccccc6c5c4)cc3)cc(N(c3ccccc3)c3ccc4ccccc4c3)c2)c2ccc3ccccc3c2)cc1. The van der Waals surface area contributed by atoms with E-state index in [1.165, 1.54) is 21.5 Å². The number of fused-ring (bicyclic) bond motifs is 5. The maximum atomic E-state index is 6.24. The molecule has 0 atom stereocenters. The lowest BCUT2D eigenvalue weighted by Gasteiger charge is -2.30. The van der Waals surface area contributed by atoms with Crippen LogP contribution in [0.5, 0.6) is 0 Å². The molecule has 12 rings (SSSR count). The Hall–Kier alpha value is -8.86. The number of para-hydroxylation sites is 4. The normalized spacial score (nSPS) is 11.3. The van der Waals surface area contributed by atoms with E-state index in [1.807, 2.05) is 12.1 Å². The predicted molar refractivity (Wildman–Crippen MR) is 278 cm³/mol. The van der Waals surface area contributed by atoms with Crippen LogP contribution < -0.4 is 14.7 Å². The Kier molecular flexibility index (Phi) is 9.81. The second kappa shape index (κ2) is 16.7. The molecule has 0 aliphatic carbocycles. The van der Waals surface area contributed by atoms with Gasteiger partial charge in [0.1, 0.15) is 11.2 Å². The summed E-state index contributed by atoms with van der Waals surface area (Å²) in [5.41, 5.74) is 13.5. The predicted octanol–water partition coefficient (Wildman–Crippen LogP) is 18.0. The van der Waals surface area contributed by atoms with Crippen molar-refractivity contribution in [2.24, 2.45) is 0 Å². The molecule has 12 aromatic rings. The fraction of sp³-hybridized carbons (Fsp3) is 0. The van der Waals surface area contributed by atoms with Gasteiger partial charge in [-0.3, -0.25) is 0 Å². The molecule has 1 aromatic heterocycles. The van der Waals surface area contributed by atoms with Crippen LogP contribution in [0.25, 0.3) is 54.6 Å². The third kappa shape index (κ3) is 7.27. The lowest BCUT2D eigenvalue weighted by Crippen LogP contribution is -2.13. The highest BCUT2D eigenvalue weighted by Gasteiger charge is 2.21. The smallest absolute Gasteiger partial charge is 0.135 e. The van der Waals surface area contributed by atoms with Gasteiger partial charge < -0.3 is 19.1 Å². The summed E-state index contributed by atoms with van der Waals surface area (Å²) in [6.45, 7) is 0. The first kappa shape index (κ1) is 38.8.